The highest BCUT2D eigenvalue weighted by atomic mass is 32.2. The monoisotopic (exact) mass is 353 g/mol. The van der Waals surface area contributed by atoms with Crippen LogP contribution in [0, 0.1) is 0 Å². The van der Waals surface area contributed by atoms with Gasteiger partial charge in [0.05, 0.1) is 10.8 Å². The van der Waals surface area contributed by atoms with Gasteiger partial charge < -0.3 is 4.90 Å². The first kappa shape index (κ1) is 16.7. The van der Waals surface area contributed by atoms with Crippen LogP contribution in [0.25, 0.3) is 11.1 Å². The smallest absolute Gasteiger partial charge is 0.165 e. The standard InChI is InChI=1S/C21H23NO2S/c23-20-10-14-25(24)21-8-7-18(15-19(20)21)17-5-3-16(4-6-17)9-13-22-11-1-2-12-22/h3-8,15H,1-2,9-14H2. The van der Waals surface area contributed by atoms with Gasteiger partial charge in [0.2, 0.25) is 0 Å². The fourth-order valence-electron chi connectivity index (χ4n) is 3.71. The van der Waals surface area contributed by atoms with Crippen LogP contribution < -0.4 is 0 Å². The van der Waals surface area contributed by atoms with Gasteiger partial charge in [-0.15, -0.1) is 0 Å². The van der Waals surface area contributed by atoms with Gasteiger partial charge >= 0.3 is 0 Å². The molecule has 4 rings (SSSR count). The molecule has 4 heteroatoms. The normalized spacial score (nSPS) is 20.6. The zero-order valence-corrected chi connectivity index (χ0v) is 15.2. The van der Waals surface area contributed by atoms with Crippen molar-refractivity contribution in [1.29, 1.82) is 0 Å². The van der Waals surface area contributed by atoms with Crippen molar-refractivity contribution in [3.05, 3.63) is 53.6 Å². The van der Waals surface area contributed by atoms with E-state index in [0.29, 0.717) is 22.6 Å². The molecule has 130 valence electrons. The van der Waals surface area contributed by atoms with E-state index in [4.69, 9.17) is 0 Å². The van der Waals surface area contributed by atoms with E-state index in [1.54, 1.807) is 0 Å². The second-order valence-electron chi connectivity index (χ2n) is 6.93. The molecule has 0 bridgehead atoms. The largest absolute Gasteiger partial charge is 0.303 e. The summed E-state index contributed by atoms with van der Waals surface area (Å²) in [5.74, 6) is 0.565. The van der Waals surface area contributed by atoms with Gasteiger partial charge in [0.15, 0.2) is 5.78 Å². The lowest BCUT2D eigenvalue weighted by Crippen LogP contribution is -2.21. The summed E-state index contributed by atoms with van der Waals surface area (Å²) < 4.78 is 12.1. The number of carbonyl (C=O) groups excluding carboxylic acids is 1. The number of hydrogen-bond donors (Lipinski definition) is 0. The summed E-state index contributed by atoms with van der Waals surface area (Å²) in [6.45, 7) is 3.61. The summed E-state index contributed by atoms with van der Waals surface area (Å²) in [6.07, 6.45) is 4.14. The Morgan fingerprint density at radius 3 is 2.44 bits per heavy atom. The minimum Gasteiger partial charge on any atom is -0.303 e. The molecule has 0 amide bonds. The summed E-state index contributed by atoms with van der Waals surface area (Å²) in [6, 6.07) is 14.4. The number of fused-ring (bicyclic) bond motifs is 1. The molecule has 0 radical (unpaired) electrons. The Kier molecular flexibility index (Phi) is 4.82. The van der Waals surface area contributed by atoms with Crippen LogP contribution in [0.5, 0.6) is 0 Å². The van der Waals surface area contributed by atoms with Gasteiger partial charge in [-0.3, -0.25) is 9.00 Å². The number of hydrogen-bond acceptors (Lipinski definition) is 3. The summed E-state index contributed by atoms with van der Waals surface area (Å²) >= 11 is 0. The van der Waals surface area contributed by atoms with E-state index in [-0.39, 0.29) is 5.78 Å². The lowest BCUT2D eigenvalue weighted by molar-refractivity contribution is 0.0984. The third-order valence-electron chi connectivity index (χ3n) is 5.24. The second kappa shape index (κ2) is 7.22. The SMILES string of the molecule is O=C1CCS(=O)c2ccc(-c3ccc(CCN4CCCC4)cc3)cc21. The molecule has 25 heavy (non-hydrogen) atoms. The Labute approximate surface area is 151 Å². The number of Topliss-reactive ketones (excluding diaryl/α,β-unsaturated/α-hetero) is 1. The molecule has 0 saturated carbocycles. The van der Waals surface area contributed by atoms with Gasteiger partial charge in [-0.05, 0) is 61.2 Å². The van der Waals surface area contributed by atoms with Crippen molar-refractivity contribution in [3.63, 3.8) is 0 Å². The number of rotatable bonds is 4. The van der Waals surface area contributed by atoms with E-state index < -0.39 is 10.8 Å². The summed E-state index contributed by atoms with van der Waals surface area (Å²) in [5, 5.41) is 0. The number of nitrogens with zero attached hydrogens (tertiary/aromatic N) is 1. The average molecular weight is 353 g/mol. The predicted octanol–water partition coefficient (Wildman–Crippen LogP) is 3.69. The Hall–Kier alpha value is -1.78. The molecule has 0 N–H and O–H groups in total. The molecular weight excluding hydrogens is 330 g/mol. The van der Waals surface area contributed by atoms with Gasteiger partial charge in [0, 0.05) is 29.2 Å². The molecule has 0 spiro atoms. The lowest BCUT2D eigenvalue weighted by atomic mass is 9.99. The molecule has 1 saturated heterocycles. The molecular formula is C21H23NO2S. The van der Waals surface area contributed by atoms with Gasteiger partial charge in [-0.1, -0.05) is 30.3 Å². The van der Waals surface area contributed by atoms with Crippen molar-refractivity contribution in [2.45, 2.75) is 30.6 Å². The Balaban J connectivity index is 1.51. The highest BCUT2D eigenvalue weighted by Gasteiger charge is 2.22. The average Bonchev–Trinajstić information content (AvgIpc) is 3.17. The van der Waals surface area contributed by atoms with Crippen LogP contribution in [-0.2, 0) is 17.2 Å². The molecule has 2 heterocycles. The summed E-state index contributed by atoms with van der Waals surface area (Å²) in [5.41, 5.74) is 4.12. The quantitative estimate of drug-likeness (QED) is 0.841. The highest BCUT2D eigenvalue weighted by molar-refractivity contribution is 7.85. The molecule has 3 nitrogen and oxygen atoms in total. The maximum Gasteiger partial charge on any atom is 0.165 e. The van der Waals surface area contributed by atoms with Crippen LogP contribution >= 0.6 is 0 Å². The molecule has 2 aromatic carbocycles. The Bertz CT molecular complexity index is 807. The number of ketones is 1. The molecule has 1 unspecified atom stereocenters. The molecule has 0 aromatic heterocycles. The van der Waals surface area contributed by atoms with E-state index in [1.165, 1.54) is 31.5 Å². The third kappa shape index (κ3) is 3.60. The molecule has 1 atom stereocenters. The molecule has 1 fully saturated rings. The van der Waals surface area contributed by atoms with Crippen LogP contribution in [0.2, 0.25) is 0 Å². The van der Waals surface area contributed by atoms with E-state index in [9.17, 15) is 9.00 Å². The zero-order valence-electron chi connectivity index (χ0n) is 14.4. The number of likely N-dealkylation sites (tertiary alicyclic amines) is 1. The molecule has 0 aliphatic carbocycles. The fourth-order valence-corrected chi connectivity index (χ4v) is 4.94. The highest BCUT2D eigenvalue weighted by Crippen LogP contribution is 2.28. The lowest BCUT2D eigenvalue weighted by Gasteiger charge is -2.16. The van der Waals surface area contributed by atoms with Crippen LogP contribution in [0.15, 0.2) is 47.4 Å². The van der Waals surface area contributed by atoms with E-state index in [0.717, 1.165) is 24.1 Å². The zero-order chi connectivity index (χ0) is 17.2. The van der Waals surface area contributed by atoms with Crippen molar-refractivity contribution in [3.8, 4) is 11.1 Å². The molecule has 2 aliphatic heterocycles. The minimum atomic E-state index is -1.03. The van der Waals surface area contributed by atoms with Crippen molar-refractivity contribution in [1.82, 2.24) is 4.90 Å². The molecule has 2 aliphatic rings. The Morgan fingerprint density at radius 2 is 1.68 bits per heavy atom. The van der Waals surface area contributed by atoms with Crippen LogP contribution in [0.3, 0.4) is 0 Å². The fraction of sp³-hybridized carbons (Fsp3) is 0.381. The summed E-state index contributed by atoms with van der Waals surface area (Å²) in [7, 11) is -1.03. The van der Waals surface area contributed by atoms with E-state index in [1.807, 2.05) is 18.2 Å². The van der Waals surface area contributed by atoms with Gasteiger partial charge in [0.1, 0.15) is 0 Å². The predicted molar refractivity (Wildman–Crippen MR) is 101 cm³/mol. The van der Waals surface area contributed by atoms with Crippen molar-refractivity contribution in [2.24, 2.45) is 0 Å². The van der Waals surface area contributed by atoms with E-state index >= 15 is 0 Å². The van der Waals surface area contributed by atoms with Crippen LogP contribution in [0.1, 0.15) is 35.2 Å². The first-order valence-electron chi connectivity index (χ1n) is 9.08. The van der Waals surface area contributed by atoms with Gasteiger partial charge in [-0.2, -0.15) is 0 Å². The van der Waals surface area contributed by atoms with Gasteiger partial charge in [-0.25, -0.2) is 0 Å². The van der Waals surface area contributed by atoms with Crippen molar-refractivity contribution in [2.75, 3.05) is 25.4 Å². The first-order valence-corrected chi connectivity index (χ1v) is 10.4. The minimum absolute atomic E-state index is 0.110. The maximum atomic E-state index is 12.1. The van der Waals surface area contributed by atoms with Gasteiger partial charge in [0.25, 0.3) is 0 Å². The Morgan fingerprint density at radius 1 is 0.960 bits per heavy atom. The van der Waals surface area contributed by atoms with E-state index in [2.05, 4.69) is 29.2 Å². The number of benzene rings is 2. The second-order valence-corrected chi connectivity index (χ2v) is 8.47. The topological polar surface area (TPSA) is 37.4 Å². The first-order chi connectivity index (χ1) is 12.2. The third-order valence-corrected chi connectivity index (χ3v) is 6.66. The van der Waals surface area contributed by atoms with Crippen LogP contribution in [-0.4, -0.2) is 40.3 Å². The maximum absolute atomic E-state index is 12.1. The van der Waals surface area contributed by atoms with Crippen molar-refractivity contribution < 1.29 is 9.00 Å². The number of carbonyl (C=O) groups is 1. The summed E-state index contributed by atoms with van der Waals surface area (Å²) in [4.78, 5) is 15.4. The van der Waals surface area contributed by atoms with Crippen LogP contribution in [0.4, 0.5) is 0 Å². The van der Waals surface area contributed by atoms with Crippen molar-refractivity contribution >= 4 is 16.6 Å². The molecule has 2 aromatic rings.